The summed E-state index contributed by atoms with van der Waals surface area (Å²) in [6.45, 7) is 3.42. The van der Waals surface area contributed by atoms with Crippen molar-refractivity contribution in [2.45, 2.75) is 26.6 Å². The molecule has 0 spiro atoms. The Morgan fingerprint density at radius 3 is 2.74 bits per heavy atom. The molecule has 0 aliphatic carbocycles. The zero-order valence-corrected chi connectivity index (χ0v) is 18.2. The van der Waals surface area contributed by atoms with Crippen molar-refractivity contribution < 1.29 is 13.9 Å². The third kappa shape index (κ3) is 4.62. The maximum atomic E-state index is 12.7. The van der Waals surface area contributed by atoms with Crippen molar-refractivity contribution in [1.29, 1.82) is 0 Å². The SMILES string of the molecule is CCn1ncc(Br)c1CN(C)C(=O)c1ccc(COc2ccccc2Br)o1. The highest BCUT2D eigenvalue weighted by Crippen LogP contribution is 2.25. The molecule has 0 atom stereocenters. The number of carbonyl (C=O) groups is 1. The van der Waals surface area contributed by atoms with Gasteiger partial charge in [0.2, 0.25) is 0 Å². The molecule has 8 heteroatoms. The second-order valence-corrected chi connectivity index (χ2v) is 7.61. The van der Waals surface area contributed by atoms with Gasteiger partial charge in [-0.3, -0.25) is 9.48 Å². The molecule has 0 unspecified atom stereocenters. The van der Waals surface area contributed by atoms with Crippen LogP contribution in [0.25, 0.3) is 0 Å². The third-order valence-corrected chi connectivity index (χ3v) is 5.33. The summed E-state index contributed by atoms with van der Waals surface area (Å²) in [5.74, 6) is 1.39. The van der Waals surface area contributed by atoms with Crippen molar-refractivity contribution in [3.63, 3.8) is 0 Å². The highest BCUT2D eigenvalue weighted by molar-refractivity contribution is 9.10. The largest absolute Gasteiger partial charge is 0.484 e. The number of halogens is 2. The van der Waals surface area contributed by atoms with Crippen molar-refractivity contribution in [1.82, 2.24) is 14.7 Å². The van der Waals surface area contributed by atoms with E-state index < -0.39 is 0 Å². The van der Waals surface area contributed by atoms with Gasteiger partial charge in [-0.05, 0) is 63.0 Å². The quantitative estimate of drug-likeness (QED) is 0.468. The van der Waals surface area contributed by atoms with Crippen molar-refractivity contribution in [2.75, 3.05) is 7.05 Å². The number of hydrogen-bond donors (Lipinski definition) is 0. The number of rotatable bonds is 7. The number of ether oxygens (including phenoxy) is 1. The number of hydrogen-bond acceptors (Lipinski definition) is 4. The second-order valence-electron chi connectivity index (χ2n) is 5.90. The molecule has 1 aromatic carbocycles. The molecule has 0 N–H and O–H groups in total. The number of aromatic nitrogens is 2. The lowest BCUT2D eigenvalue weighted by Crippen LogP contribution is -2.27. The van der Waals surface area contributed by atoms with Crippen LogP contribution >= 0.6 is 31.9 Å². The van der Waals surface area contributed by atoms with Crippen LogP contribution in [0.3, 0.4) is 0 Å². The Morgan fingerprint density at radius 1 is 1.22 bits per heavy atom. The molecule has 0 saturated heterocycles. The van der Waals surface area contributed by atoms with Crippen LogP contribution in [0.1, 0.15) is 28.9 Å². The predicted molar refractivity (Wildman–Crippen MR) is 109 cm³/mol. The second kappa shape index (κ2) is 8.75. The molecule has 1 amide bonds. The Bertz CT molecular complexity index is 936. The fraction of sp³-hybridized carbons (Fsp3) is 0.263. The van der Waals surface area contributed by atoms with E-state index >= 15 is 0 Å². The molecule has 2 aromatic heterocycles. The average molecular weight is 497 g/mol. The van der Waals surface area contributed by atoms with Crippen LogP contribution < -0.4 is 4.74 Å². The van der Waals surface area contributed by atoms with E-state index in [0.717, 1.165) is 26.9 Å². The third-order valence-electron chi connectivity index (χ3n) is 4.01. The zero-order valence-electron chi connectivity index (χ0n) is 15.0. The summed E-state index contributed by atoms with van der Waals surface area (Å²) in [5, 5.41) is 4.27. The average Bonchev–Trinajstić information content (AvgIpc) is 3.27. The van der Waals surface area contributed by atoms with Gasteiger partial charge in [-0.2, -0.15) is 5.10 Å². The molecule has 3 rings (SSSR count). The molecule has 0 fully saturated rings. The van der Waals surface area contributed by atoms with Crippen LogP contribution in [0.15, 0.2) is 56.0 Å². The molecular weight excluding hydrogens is 478 g/mol. The lowest BCUT2D eigenvalue weighted by atomic mass is 10.3. The van der Waals surface area contributed by atoms with Gasteiger partial charge in [0.25, 0.3) is 5.91 Å². The topological polar surface area (TPSA) is 60.5 Å². The van der Waals surface area contributed by atoms with Crippen LogP contribution in [0.5, 0.6) is 5.75 Å². The standard InChI is InChI=1S/C19H19Br2N3O3/c1-3-24-16(15(21)10-22-24)11-23(2)19(25)18-9-8-13(27-18)12-26-17-7-5-4-6-14(17)20/h4-10H,3,11-12H2,1-2H3. The number of para-hydroxylation sites is 1. The summed E-state index contributed by atoms with van der Waals surface area (Å²) in [4.78, 5) is 14.3. The highest BCUT2D eigenvalue weighted by Gasteiger charge is 2.19. The Labute approximate surface area is 174 Å². The molecule has 2 heterocycles. The first-order chi connectivity index (χ1) is 13.0. The lowest BCUT2D eigenvalue weighted by Gasteiger charge is -2.17. The van der Waals surface area contributed by atoms with Crippen LogP contribution in [0, 0.1) is 0 Å². The Hall–Kier alpha value is -2.06. The van der Waals surface area contributed by atoms with Crippen LogP contribution in [0.4, 0.5) is 0 Å². The first kappa shape index (κ1) is 19.7. The minimum absolute atomic E-state index is 0.196. The number of aryl methyl sites for hydroxylation is 1. The summed E-state index contributed by atoms with van der Waals surface area (Å²) < 4.78 is 15.0. The lowest BCUT2D eigenvalue weighted by molar-refractivity contribution is 0.0745. The Morgan fingerprint density at radius 2 is 2.00 bits per heavy atom. The van der Waals surface area contributed by atoms with E-state index in [1.165, 1.54) is 0 Å². The van der Waals surface area contributed by atoms with E-state index in [1.807, 2.05) is 35.9 Å². The number of benzene rings is 1. The van der Waals surface area contributed by atoms with Gasteiger partial charge in [0.1, 0.15) is 18.1 Å². The van der Waals surface area contributed by atoms with E-state index in [1.54, 1.807) is 30.3 Å². The molecule has 3 aromatic rings. The molecular formula is C19H19Br2N3O3. The van der Waals surface area contributed by atoms with Gasteiger partial charge in [-0.15, -0.1) is 0 Å². The normalized spacial score (nSPS) is 10.8. The first-order valence-corrected chi connectivity index (χ1v) is 10.00. The molecule has 0 saturated carbocycles. The highest BCUT2D eigenvalue weighted by atomic mass is 79.9. The predicted octanol–water partition coefficient (Wildman–Crippen LogP) is 4.87. The van der Waals surface area contributed by atoms with Gasteiger partial charge >= 0.3 is 0 Å². The molecule has 27 heavy (non-hydrogen) atoms. The summed E-state index contributed by atoms with van der Waals surface area (Å²) in [6.07, 6.45) is 1.74. The molecule has 6 nitrogen and oxygen atoms in total. The van der Waals surface area contributed by atoms with Gasteiger partial charge in [-0.25, -0.2) is 0 Å². The zero-order chi connectivity index (χ0) is 19.4. The fourth-order valence-corrected chi connectivity index (χ4v) is 3.40. The first-order valence-electron chi connectivity index (χ1n) is 8.41. The van der Waals surface area contributed by atoms with Crippen molar-refractivity contribution >= 4 is 37.8 Å². The Balaban J connectivity index is 1.64. The van der Waals surface area contributed by atoms with E-state index in [2.05, 4.69) is 37.0 Å². The Kier molecular flexibility index (Phi) is 6.38. The number of furan rings is 1. The number of nitrogens with zero attached hydrogens (tertiary/aromatic N) is 3. The van der Waals surface area contributed by atoms with Gasteiger partial charge in [0.05, 0.1) is 27.4 Å². The van der Waals surface area contributed by atoms with E-state index in [9.17, 15) is 4.79 Å². The summed E-state index contributed by atoms with van der Waals surface area (Å²) in [6, 6.07) is 11.0. The van der Waals surface area contributed by atoms with E-state index in [0.29, 0.717) is 12.3 Å². The fourth-order valence-electron chi connectivity index (χ4n) is 2.58. The molecule has 0 aliphatic rings. The van der Waals surface area contributed by atoms with Crippen LogP contribution in [0.2, 0.25) is 0 Å². The van der Waals surface area contributed by atoms with E-state index in [4.69, 9.17) is 9.15 Å². The maximum Gasteiger partial charge on any atom is 0.289 e. The van der Waals surface area contributed by atoms with Gasteiger partial charge in [0.15, 0.2) is 5.76 Å². The summed E-state index contributed by atoms with van der Waals surface area (Å²) >= 11 is 6.92. The molecule has 0 aliphatic heterocycles. The minimum Gasteiger partial charge on any atom is -0.484 e. The van der Waals surface area contributed by atoms with Crippen molar-refractivity contribution in [2.24, 2.45) is 0 Å². The van der Waals surface area contributed by atoms with E-state index in [-0.39, 0.29) is 18.3 Å². The van der Waals surface area contributed by atoms with Gasteiger partial charge in [-0.1, -0.05) is 12.1 Å². The number of carbonyl (C=O) groups excluding carboxylic acids is 1. The van der Waals surface area contributed by atoms with Gasteiger partial charge in [0, 0.05) is 13.6 Å². The van der Waals surface area contributed by atoms with Crippen LogP contribution in [-0.4, -0.2) is 27.6 Å². The monoisotopic (exact) mass is 495 g/mol. The molecule has 0 bridgehead atoms. The smallest absolute Gasteiger partial charge is 0.289 e. The van der Waals surface area contributed by atoms with Crippen molar-refractivity contribution in [3.05, 3.63) is 68.8 Å². The number of amides is 1. The summed E-state index contributed by atoms with van der Waals surface area (Å²) in [7, 11) is 1.74. The summed E-state index contributed by atoms with van der Waals surface area (Å²) in [5.41, 5.74) is 0.942. The van der Waals surface area contributed by atoms with Gasteiger partial charge < -0.3 is 14.1 Å². The van der Waals surface area contributed by atoms with Crippen LogP contribution in [-0.2, 0) is 19.7 Å². The molecule has 142 valence electrons. The minimum atomic E-state index is -0.196. The van der Waals surface area contributed by atoms with Crippen molar-refractivity contribution in [3.8, 4) is 5.75 Å². The maximum absolute atomic E-state index is 12.7. The molecule has 0 radical (unpaired) electrons.